The molecule has 0 saturated carbocycles. The number of methoxy groups -OCH3 is 1. The highest BCUT2D eigenvalue weighted by atomic mass is 35.5. The summed E-state index contributed by atoms with van der Waals surface area (Å²) in [7, 11) is 3.02. The molecule has 0 aliphatic carbocycles. The number of aromatic nitrogens is 3. The molecule has 3 aromatic heterocycles. The zero-order valence-electron chi connectivity index (χ0n) is 18.6. The molecule has 168 valence electrons. The summed E-state index contributed by atoms with van der Waals surface area (Å²) in [6.07, 6.45) is 2.77. The number of benzene rings is 1. The lowest BCUT2D eigenvalue weighted by molar-refractivity contribution is 0.0993. The van der Waals surface area contributed by atoms with Crippen molar-refractivity contribution in [2.24, 2.45) is 0 Å². The number of hydrogen-bond donors (Lipinski definition) is 1. The molecule has 4 rings (SSSR count). The molecule has 8 nitrogen and oxygen atoms in total. The summed E-state index contributed by atoms with van der Waals surface area (Å²) in [6, 6.07) is 12.6. The van der Waals surface area contributed by atoms with Gasteiger partial charge in [0.25, 0.3) is 5.91 Å². The quantitative estimate of drug-likeness (QED) is 0.453. The SMILES string of the molecule is COC(=O)Nc1ccc(-c2cnn3c(C)cc(C(=O)N(C)c4ccc(Cl)c(C)c4)cc23)cn1. The van der Waals surface area contributed by atoms with E-state index in [-0.39, 0.29) is 5.91 Å². The number of aryl methyl sites for hydroxylation is 2. The van der Waals surface area contributed by atoms with Crippen LogP contribution in [0.15, 0.2) is 54.9 Å². The monoisotopic (exact) mass is 463 g/mol. The average Bonchev–Trinajstić information content (AvgIpc) is 3.25. The largest absolute Gasteiger partial charge is 0.453 e. The Morgan fingerprint density at radius 2 is 1.88 bits per heavy atom. The highest BCUT2D eigenvalue weighted by Crippen LogP contribution is 2.28. The molecule has 0 unspecified atom stereocenters. The fourth-order valence-corrected chi connectivity index (χ4v) is 3.65. The first kappa shape index (κ1) is 22.3. The number of anilines is 2. The number of ether oxygens (including phenoxy) is 1. The minimum Gasteiger partial charge on any atom is -0.453 e. The van der Waals surface area contributed by atoms with Crippen molar-refractivity contribution < 1.29 is 14.3 Å². The summed E-state index contributed by atoms with van der Waals surface area (Å²) in [5, 5.41) is 7.64. The fourth-order valence-electron chi connectivity index (χ4n) is 3.53. The molecule has 0 radical (unpaired) electrons. The predicted molar refractivity (Wildman–Crippen MR) is 128 cm³/mol. The molecule has 0 bridgehead atoms. The minimum atomic E-state index is -0.593. The van der Waals surface area contributed by atoms with Crippen LogP contribution in [0.3, 0.4) is 0 Å². The lowest BCUT2D eigenvalue weighted by Gasteiger charge is -2.19. The summed E-state index contributed by atoms with van der Waals surface area (Å²) in [6.45, 7) is 3.80. The normalized spacial score (nSPS) is 10.8. The molecule has 0 fully saturated rings. The topological polar surface area (TPSA) is 88.8 Å². The lowest BCUT2D eigenvalue weighted by Crippen LogP contribution is -2.26. The molecule has 4 aromatic rings. The molecule has 2 amide bonds. The van der Waals surface area contributed by atoms with Crippen LogP contribution in [-0.4, -0.2) is 40.8 Å². The molecule has 9 heteroatoms. The number of fused-ring (bicyclic) bond motifs is 1. The summed E-state index contributed by atoms with van der Waals surface area (Å²) >= 11 is 6.13. The van der Waals surface area contributed by atoms with E-state index >= 15 is 0 Å². The second kappa shape index (κ2) is 8.91. The Labute approximate surface area is 195 Å². The smallest absolute Gasteiger partial charge is 0.412 e. The van der Waals surface area contributed by atoms with Crippen LogP contribution < -0.4 is 10.2 Å². The van der Waals surface area contributed by atoms with Crippen LogP contribution in [0.2, 0.25) is 5.02 Å². The highest BCUT2D eigenvalue weighted by Gasteiger charge is 2.18. The van der Waals surface area contributed by atoms with Gasteiger partial charge < -0.3 is 9.64 Å². The number of halogens is 1. The molecule has 3 heterocycles. The molecular formula is C24H22ClN5O3. The van der Waals surface area contributed by atoms with Gasteiger partial charge in [-0.05, 0) is 61.9 Å². The van der Waals surface area contributed by atoms with Crippen LogP contribution in [0, 0.1) is 13.8 Å². The number of carbonyl (C=O) groups is 2. The number of hydrogen-bond acceptors (Lipinski definition) is 5. The van der Waals surface area contributed by atoms with Crippen molar-refractivity contribution in [3.63, 3.8) is 0 Å². The van der Waals surface area contributed by atoms with Gasteiger partial charge in [-0.3, -0.25) is 10.1 Å². The molecule has 0 aliphatic rings. The Morgan fingerprint density at radius 3 is 2.55 bits per heavy atom. The minimum absolute atomic E-state index is 0.148. The number of nitrogens with zero attached hydrogens (tertiary/aromatic N) is 4. The van der Waals surface area contributed by atoms with Crippen molar-refractivity contribution in [2.75, 3.05) is 24.4 Å². The molecular weight excluding hydrogens is 442 g/mol. The molecule has 0 atom stereocenters. The third-order valence-electron chi connectivity index (χ3n) is 5.37. The Morgan fingerprint density at radius 1 is 1.09 bits per heavy atom. The van der Waals surface area contributed by atoms with Crippen molar-refractivity contribution in [3.05, 3.63) is 76.7 Å². The Hall–Kier alpha value is -3.91. The van der Waals surface area contributed by atoms with E-state index < -0.39 is 6.09 Å². The number of rotatable bonds is 4. The number of carbonyl (C=O) groups excluding carboxylic acids is 2. The van der Waals surface area contributed by atoms with Crippen molar-refractivity contribution >= 4 is 40.6 Å². The van der Waals surface area contributed by atoms with E-state index in [1.54, 1.807) is 41.0 Å². The maximum Gasteiger partial charge on any atom is 0.412 e. The average molecular weight is 464 g/mol. The van der Waals surface area contributed by atoms with Gasteiger partial charge in [-0.1, -0.05) is 11.6 Å². The molecule has 0 aliphatic heterocycles. The first-order valence-electron chi connectivity index (χ1n) is 10.1. The third kappa shape index (κ3) is 4.38. The maximum absolute atomic E-state index is 13.3. The second-order valence-corrected chi connectivity index (χ2v) is 7.99. The second-order valence-electron chi connectivity index (χ2n) is 7.59. The number of amides is 2. The van der Waals surface area contributed by atoms with Crippen LogP contribution in [-0.2, 0) is 4.74 Å². The van der Waals surface area contributed by atoms with Crippen molar-refractivity contribution in [1.29, 1.82) is 0 Å². The first-order valence-corrected chi connectivity index (χ1v) is 10.5. The van der Waals surface area contributed by atoms with Gasteiger partial charge in [0, 0.05) is 46.3 Å². The van der Waals surface area contributed by atoms with Crippen molar-refractivity contribution in [2.45, 2.75) is 13.8 Å². The van der Waals surface area contributed by atoms with Crippen LogP contribution in [0.4, 0.5) is 16.3 Å². The van der Waals surface area contributed by atoms with Gasteiger partial charge in [-0.15, -0.1) is 0 Å². The molecule has 33 heavy (non-hydrogen) atoms. The van der Waals surface area contributed by atoms with Gasteiger partial charge in [-0.2, -0.15) is 5.10 Å². The highest BCUT2D eigenvalue weighted by molar-refractivity contribution is 6.31. The lowest BCUT2D eigenvalue weighted by atomic mass is 10.1. The Kier molecular flexibility index (Phi) is 6.02. The number of nitrogens with one attached hydrogen (secondary N) is 1. The summed E-state index contributed by atoms with van der Waals surface area (Å²) in [4.78, 5) is 30.5. The molecule has 1 N–H and O–H groups in total. The molecule has 1 aromatic carbocycles. The van der Waals surface area contributed by atoms with Crippen LogP contribution >= 0.6 is 11.6 Å². The zero-order chi connectivity index (χ0) is 23.7. The number of pyridine rings is 2. The van der Waals surface area contributed by atoms with E-state index in [1.165, 1.54) is 7.11 Å². The van der Waals surface area contributed by atoms with Gasteiger partial charge in [0.1, 0.15) is 5.82 Å². The van der Waals surface area contributed by atoms with Crippen LogP contribution in [0.5, 0.6) is 0 Å². The summed E-state index contributed by atoms with van der Waals surface area (Å²) in [5.74, 6) is 0.222. The maximum atomic E-state index is 13.3. The van der Waals surface area contributed by atoms with E-state index in [1.807, 2.05) is 44.2 Å². The van der Waals surface area contributed by atoms with Gasteiger partial charge in [-0.25, -0.2) is 14.3 Å². The standard InChI is InChI=1S/C24H22ClN5O3/c1-14-9-18(6-7-20(14)25)29(3)23(31)17-10-15(2)30-21(11-17)19(13-27-30)16-5-8-22(26-12-16)28-24(32)33-4/h5-13H,1-4H3,(H,26,28,32). The van der Waals surface area contributed by atoms with E-state index in [4.69, 9.17) is 11.6 Å². The Bertz CT molecular complexity index is 1360. The predicted octanol–water partition coefficient (Wildman–Crippen LogP) is 5.12. The summed E-state index contributed by atoms with van der Waals surface area (Å²) in [5.41, 5.74) is 5.39. The van der Waals surface area contributed by atoms with Crippen molar-refractivity contribution in [1.82, 2.24) is 14.6 Å². The zero-order valence-corrected chi connectivity index (χ0v) is 19.3. The van der Waals surface area contributed by atoms with Gasteiger partial charge in [0.05, 0.1) is 18.8 Å². The van der Waals surface area contributed by atoms with Gasteiger partial charge >= 0.3 is 6.09 Å². The Balaban J connectivity index is 1.69. The van der Waals surface area contributed by atoms with Crippen molar-refractivity contribution in [3.8, 4) is 11.1 Å². The van der Waals surface area contributed by atoms with E-state index in [0.29, 0.717) is 16.4 Å². The van der Waals surface area contributed by atoms with E-state index in [2.05, 4.69) is 20.1 Å². The molecule has 0 saturated heterocycles. The van der Waals surface area contributed by atoms with E-state index in [0.717, 1.165) is 33.6 Å². The van der Waals surface area contributed by atoms with Gasteiger partial charge in [0.15, 0.2) is 0 Å². The van der Waals surface area contributed by atoms with Crippen LogP contribution in [0.1, 0.15) is 21.6 Å². The van der Waals surface area contributed by atoms with E-state index in [9.17, 15) is 9.59 Å². The molecule has 0 spiro atoms. The van der Waals surface area contributed by atoms with Gasteiger partial charge in [0.2, 0.25) is 0 Å². The third-order valence-corrected chi connectivity index (χ3v) is 5.79. The summed E-state index contributed by atoms with van der Waals surface area (Å²) < 4.78 is 6.36. The van der Waals surface area contributed by atoms with Crippen LogP contribution in [0.25, 0.3) is 16.6 Å². The first-order chi connectivity index (χ1) is 15.8. The fraction of sp³-hybridized carbons (Fsp3) is 0.167.